The number of aliphatic hydroxyl groups excluding tert-OH is 1. The lowest BCUT2D eigenvalue weighted by molar-refractivity contribution is -0.157. The molecule has 0 radical (unpaired) electrons. The summed E-state index contributed by atoms with van der Waals surface area (Å²) in [5.74, 6) is -11.5. The standard InChI is InChI=1S/C68H113N13O14/c1-25-45-63(89)74(17)34-53(82)76(19)48(28-35(2)3)60(86)73-54(39(10)11)66(92)77(20)49(29-36(4)5)59(85)69-42(15)58(84)70-43(16)62(88)78(21)50(30-37(6)7)64(90)79(22)51(31-38(8)9)65(91)80(23)55(40(12)13)67(93)81(24)56(61(87)72-45)57(83)41(14)32-52-71-46-27-26-44(68(94)95)33-47(46)75(52)18/h26-27,33,35-43,45,48-51,54-57,83H,25,28-32,34H2,1-24H3,(H,69,85)(H,70,84)(H,72,87)(H,73,86)(H,94,95)/t41-,42+,43-,45+,48+,49+,50+,51+,54+,55+,56?,57-/m1/s1. The van der Waals surface area contributed by atoms with Crippen molar-refractivity contribution in [1.82, 2.24) is 65.1 Å². The quantitative estimate of drug-likeness (QED) is 0.141. The van der Waals surface area contributed by atoms with Gasteiger partial charge in [0.25, 0.3) is 0 Å². The van der Waals surface area contributed by atoms with Gasteiger partial charge in [0, 0.05) is 62.8 Å². The van der Waals surface area contributed by atoms with E-state index in [9.17, 15) is 48.6 Å². The summed E-state index contributed by atoms with van der Waals surface area (Å²) in [6, 6.07) is -8.52. The molecule has 27 nitrogen and oxygen atoms in total. The molecule has 95 heavy (non-hydrogen) atoms. The number of carbonyl (C=O) groups excluding carboxylic acids is 11. The lowest BCUT2D eigenvalue weighted by Gasteiger charge is -2.41. The van der Waals surface area contributed by atoms with Crippen LogP contribution in [0.15, 0.2) is 18.2 Å². The fraction of sp³-hybridized carbons (Fsp3) is 0.721. The average Bonchev–Trinajstić information content (AvgIpc) is 1.77. The first-order chi connectivity index (χ1) is 43.9. The zero-order chi connectivity index (χ0) is 72.9. The van der Waals surface area contributed by atoms with Gasteiger partial charge in [-0.15, -0.1) is 0 Å². The maximum atomic E-state index is 15.5. The van der Waals surface area contributed by atoms with Gasteiger partial charge in [-0.2, -0.15) is 0 Å². The van der Waals surface area contributed by atoms with Gasteiger partial charge in [-0.3, -0.25) is 52.7 Å². The van der Waals surface area contributed by atoms with Crippen LogP contribution in [-0.2, 0) is 66.2 Å². The van der Waals surface area contributed by atoms with Gasteiger partial charge in [0.2, 0.25) is 65.0 Å². The van der Waals surface area contributed by atoms with Crippen LogP contribution < -0.4 is 21.3 Å². The summed E-state index contributed by atoms with van der Waals surface area (Å²) in [5.41, 5.74) is 0.960. The number of imidazole rings is 1. The van der Waals surface area contributed by atoms with Crippen LogP contribution in [0.25, 0.3) is 11.0 Å². The van der Waals surface area contributed by atoms with Gasteiger partial charge < -0.3 is 70.3 Å². The highest BCUT2D eigenvalue weighted by Gasteiger charge is 2.46. The van der Waals surface area contributed by atoms with E-state index < -0.39 is 162 Å². The summed E-state index contributed by atoms with van der Waals surface area (Å²) >= 11 is 0. The van der Waals surface area contributed by atoms with E-state index in [1.165, 1.54) is 99.8 Å². The van der Waals surface area contributed by atoms with Crippen molar-refractivity contribution in [3.63, 3.8) is 0 Å². The molecule has 11 amide bonds. The Kier molecular flexibility index (Phi) is 30.3. The van der Waals surface area contributed by atoms with E-state index in [1.54, 1.807) is 59.2 Å². The van der Waals surface area contributed by atoms with Gasteiger partial charge in [-0.1, -0.05) is 96.9 Å². The molecule has 1 aromatic heterocycles. The van der Waals surface area contributed by atoms with Crippen molar-refractivity contribution in [2.24, 2.45) is 48.5 Å². The molecule has 0 spiro atoms. The number of benzene rings is 1. The Morgan fingerprint density at radius 3 is 1.45 bits per heavy atom. The predicted octanol–water partition coefficient (Wildman–Crippen LogP) is 3.13. The van der Waals surface area contributed by atoms with Crippen LogP contribution in [0.3, 0.4) is 0 Å². The number of nitrogens with zero attached hydrogens (tertiary/aromatic N) is 9. The Labute approximate surface area is 562 Å². The lowest BCUT2D eigenvalue weighted by Crippen LogP contribution is -2.63. The maximum absolute atomic E-state index is 15.5. The minimum Gasteiger partial charge on any atom is -0.478 e. The number of aliphatic hydroxyl groups is 1. The van der Waals surface area contributed by atoms with E-state index in [1.807, 2.05) is 55.4 Å². The number of likely N-dealkylation sites (N-methyl/N-ethyl adjacent to an activating group) is 7. The zero-order valence-electron chi connectivity index (χ0n) is 60.9. The summed E-state index contributed by atoms with van der Waals surface area (Å²) < 4.78 is 1.66. The number of aromatic carboxylic acids is 1. The van der Waals surface area contributed by atoms with Crippen LogP contribution in [0.1, 0.15) is 159 Å². The highest BCUT2D eigenvalue weighted by Crippen LogP contribution is 2.27. The maximum Gasteiger partial charge on any atom is 0.335 e. The molecule has 1 aromatic carbocycles. The minimum atomic E-state index is -1.78. The summed E-state index contributed by atoms with van der Waals surface area (Å²) in [6.07, 6.45) is -1.29. The third-order valence-corrected chi connectivity index (χ3v) is 18.1. The lowest BCUT2D eigenvalue weighted by atomic mass is 9.91. The Hall–Kier alpha value is -7.71. The summed E-state index contributed by atoms with van der Waals surface area (Å²) in [4.78, 5) is 187. The molecular weight excluding hydrogens is 1220 g/mol. The van der Waals surface area contributed by atoms with Crippen LogP contribution in [0, 0.1) is 41.4 Å². The molecule has 0 bridgehead atoms. The largest absolute Gasteiger partial charge is 0.478 e. The predicted molar refractivity (Wildman–Crippen MR) is 360 cm³/mol. The number of carboxylic acids is 1. The molecule has 0 aliphatic carbocycles. The molecule has 1 aliphatic rings. The molecule has 2 aromatic rings. The summed E-state index contributed by atoms with van der Waals surface area (Å²) in [7, 11) is 11.4. The molecule has 2 heterocycles. The number of amides is 11. The van der Waals surface area contributed by atoms with Gasteiger partial charge in [0.1, 0.15) is 66.2 Å². The van der Waals surface area contributed by atoms with E-state index in [4.69, 9.17) is 4.98 Å². The molecule has 6 N–H and O–H groups in total. The minimum absolute atomic E-state index is 0.0117. The number of hydrogen-bond acceptors (Lipinski definition) is 14. The molecule has 0 saturated carbocycles. The number of aryl methyl sites for hydroxylation is 1. The monoisotopic (exact) mass is 1340 g/mol. The van der Waals surface area contributed by atoms with Crippen molar-refractivity contribution in [1.29, 1.82) is 0 Å². The Morgan fingerprint density at radius 1 is 0.516 bits per heavy atom. The Bertz CT molecular complexity index is 3070. The van der Waals surface area contributed by atoms with Crippen molar-refractivity contribution in [2.45, 2.75) is 216 Å². The smallest absolute Gasteiger partial charge is 0.335 e. The van der Waals surface area contributed by atoms with Gasteiger partial charge in [-0.05, 0) is 106 Å². The summed E-state index contributed by atoms with van der Waals surface area (Å²) in [5, 5.41) is 33.3. The second-order valence-corrected chi connectivity index (χ2v) is 28.6. The highest BCUT2D eigenvalue weighted by atomic mass is 16.4. The number of fused-ring (bicyclic) bond motifs is 1. The molecule has 1 aliphatic heterocycles. The SMILES string of the molecule is CC[C@@H]1NC(=O)C([C@H](O)[C@H](C)Cc2nc3ccc(C(=O)O)cc3n2C)N(C)C(=O)[C@H](C(C)C)N(C)C(=O)[C@H](CC(C)C)N(C)C(=O)[C@H](CC(C)C)N(C)C(=O)[C@@H](C)NC(=O)[C@H](C)NC(=O)[C@H](CC(C)C)N(C)C(=O)[C@H](C(C)C)NC(=O)[C@H](CC(C)C)N(C)C(=O)CN(C)C1=O. The first kappa shape index (κ1) is 81.5. The van der Waals surface area contributed by atoms with E-state index in [0.717, 1.165) is 9.80 Å². The normalized spacial score (nSPS) is 25.3. The van der Waals surface area contributed by atoms with Crippen LogP contribution in [0.2, 0.25) is 0 Å². The fourth-order valence-corrected chi connectivity index (χ4v) is 12.2. The zero-order valence-corrected chi connectivity index (χ0v) is 60.9. The Morgan fingerprint density at radius 2 is 0.968 bits per heavy atom. The van der Waals surface area contributed by atoms with Crippen molar-refractivity contribution >= 4 is 82.0 Å². The average molecular weight is 1340 g/mol. The first-order valence-corrected chi connectivity index (χ1v) is 33.4. The molecule has 534 valence electrons. The van der Waals surface area contributed by atoms with Gasteiger partial charge >= 0.3 is 5.97 Å². The van der Waals surface area contributed by atoms with Crippen LogP contribution >= 0.6 is 0 Å². The fourth-order valence-electron chi connectivity index (χ4n) is 12.2. The van der Waals surface area contributed by atoms with Crippen molar-refractivity contribution in [3.05, 3.63) is 29.6 Å². The van der Waals surface area contributed by atoms with Crippen molar-refractivity contribution < 1.29 is 67.7 Å². The van der Waals surface area contributed by atoms with Crippen LogP contribution in [0.5, 0.6) is 0 Å². The summed E-state index contributed by atoms with van der Waals surface area (Å²) in [6.45, 7) is 27.1. The van der Waals surface area contributed by atoms with E-state index >= 15 is 19.2 Å². The third-order valence-electron chi connectivity index (χ3n) is 18.1. The molecule has 1 fully saturated rings. The van der Waals surface area contributed by atoms with Crippen molar-refractivity contribution in [2.75, 3.05) is 55.9 Å². The number of rotatable bonds is 16. The van der Waals surface area contributed by atoms with E-state index in [-0.39, 0.29) is 67.8 Å². The highest BCUT2D eigenvalue weighted by molar-refractivity contribution is 6.00. The molecule has 3 rings (SSSR count). The molecular formula is C68H113N13O14. The molecule has 1 unspecified atom stereocenters. The van der Waals surface area contributed by atoms with Crippen molar-refractivity contribution in [3.8, 4) is 0 Å². The van der Waals surface area contributed by atoms with E-state index in [2.05, 4.69) is 21.3 Å². The number of hydrogen-bond donors (Lipinski definition) is 6. The van der Waals surface area contributed by atoms with Crippen LogP contribution in [-0.4, -0.2) is 247 Å². The number of nitrogens with one attached hydrogen (secondary N) is 4. The number of carbonyl (C=O) groups is 12. The second-order valence-electron chi connectivity index (χ2n) is 28.6. The third kappa shape index (κ3) is 20.9. The van der Waals surface area contributed by atoms with Gasteiger partial charge in [0.05, 0.1) is 29.2 Å². The topological polar surface area (TPSA) is 334 Å². The molecule has 27 heteroatoms. The van der Waals surface area contributed by atoms with E-state index in [0.29, 0.717) is 16.9 Å². The van der Waals surface area contributed by atoms with Crippen LogP contribution in [0.4, 0.5) is 0 Å². The second kappa shape index (κ2) is 35.3. The molecule has 12 atom stereocenters. The Balaban J connectivity index is 2.35. The number of carboxylic acid groups (broad SMARTS) is 1. The molecule has 1 saturated heterocycles. The van der Waals surface area contributed by atoms with Gasteiger partial charge in [0.15, 0.2) is 0 Å². The first-order valence-electron chi connectivity index (χ1n) is 33.4. The number of aromatic nitrogens is 2. The van der Waals surface area contributed by atoms with Gasteiger partial charge in [-0.25, -0.2) is 9.78 Å².